The summed E-state index contributed by atoms with van der Waals surface area (Å²) in [6.45, 7) is 3.46. The van der Waals surface area contributed by atoms with Crippen molar-refractivity contribution in [2.24, 2.45) is 0 Å². The minimum absolute atomic E-state index is 0.0947. The number of carbonyl (C=O) groups excluding carboxylic acids is 1. The molecule has 0 aromatic heterocycles. The summed E-state index contributed by atoms with van der Waals surface area (Å²) in [6.07, 6.45) is 0. The highest BCUT2D eigenvalue weighted by Crippen LogP contribution is 2.17. The first-order valence-electron chi connectivity index (χ1n) is 6.83. The molecule has 1 aromatic rings. The predicted octanol–water partition coefficient (Wildman–Crippen LogP) is 1.60. The third kappa shape index (κ3) is 4.71. The van der Waals surface area contributed by atoms with Crippen molar-refractivity contribution in [3.05, 3.63) is 39.9 Å². The van der Waals surface area contributed by atoms with Crippen molar-refractivity contribution >= 4 is 23.4 Å². The van der Waals surface area contributed by atoms with Gasteiger partial charge in [0.05, 0.1) is 10.7 Å². The van der Waals surface area contributed by atoms with E-state index in [1.165, 1.54) is 12.1 Å². The van der Waals surface area contributed by atoms with Gasteiger partial charge in [0.15, 0.2) is 0 Å². The van der Waals surface area contributed by atoms with E-state index in [0.29, 0.717) is 11.5 Å². The first kappa shape index (κ1) is 15.8. The highest BCUT2D eigenvalue weighted by Gasteiger charge is 2.18. The maximum atomic E-state index is 12.0. The summed E-state index contributed by atoms with van der Waals surface area (Å²) in [4.78, 5) is 26.3. The van der Waals surface area contributed by atoms with Gasteiger partial charge < -0.3 is 9.80 Å². The van der Waals surface area contributed by atoms with Crippen LogP contribution in [0.5, 0.6) is 0 Å². The average Bonchev–Trinajstić information content (AvgIpc) is 2.48. The third-order valence-electron chi connectivity index (χ3n) is 3.50. The van der Waals surface area contributed by atoms with E-state index in [1.807, 2.05) is 4.90 Å². The van der Waals surface area contributed by atoms with Crippen molar-refractivity contribution in [1.29, 1.82) is 0 Å². The molecule has 21 heavy (non-hydrogen) atoms. The lowest BCUT2D eigenvalue weighted by atomic mass is 10.2. The fraction of sp³-hybridized carbons (Fsp3) is 0.500. The molecule has 1 heterocycles. The average molecular weight is 309 g/mol. The molecule has 0 saturated carbocycles. The number of nitro benzene ring substituents is 1. The molecule has 1 amide bonds. The number of thioether (sulfide) groups is 1. The summed E-state index contributed by atoms with van der Waals surface area (Å²) < 4.78 is 0. The molecule has 0 unspecified atom stereocenters. The Bertz CT molecular complexity index is 499. The van der Waals surface area contributed by atoms with Crippen LogP contribution in [0.25, 0.3) is 0 Å². The highest BCUT2D eigenvalue weighted by atomic mass is 32.2. The molecule has 1 aliphatic heterocycles. The smallest absolute Gasteiger partial charge is 0.269 e. The summed E-state index contributed by atoms with van der Waals surface area (Å²) >= 11 is 1.55. The lowest BCUT2D eigenvalue weighted by Gasteiger charge is -2.32. The molecule has 1 fully saturated rings. The monoisotopic (exact) mass is 309 g/mol. The summed E-state index contributed by atoms with van der Waals surface area (Å²) in [5.41, 5.74) is 1.09. The van der Waals surface area contributed by atoms with Crippen molar-refractivity contribution < 1.29 is 9.72 Å². The predicted molar refractivity (Wildman–Crippen MR) is 83.3 cm³/mol. The number of benzene rings is 1. The molecule has 1 saturated heterocycles. The van der Waals surface area contributed by atoms with E-state index in [9.17, 15) is 14.9 Å². The molecule has 0 atom stereocenters. The molecule has 0 spiro atoms. The number of piperazine rings is 1. The third-order valence-corrected chi connectivity index (χ3v) is 4.49. The second kappa shape index (κ2) is 7.42. The molecule has 0 radical (unpaired) electrons. The Morgan fingerprint density at radius 2 is 1.86 bits per heavy atom. The molecular formula is C14H19N3O3S. The summed E-state index contributed by atoms with van der Waals surface area (Å²) in [7, 11) is 2.06. The number of carbonyl (C=O) groups is 1. The Labute approximate surface area is 128 Å². The van der Waals surface area contributed by atoms with Gasteiger partial charge in [-0.25, -0.2) is 0 Å². The van der Waals surface area contributed by atoms with Crippen LogP contribution in [0.1, 0.15) is 5.56 Å². The van der Waals surface area contributed by atoms with Gasteiger partial charge in [-0.3, -0.25) is 14.9 Å². The van der Waals surface area contributed by atoms with E-state index in [1.54, 1.807) is 23.9 Å². The lowest BCUT2D eigenvalue weighted by Crippen LogP contribution is -2.47. The highest BCUT2D eigenvalue weighted by molar-refractivity contribution is 7.99. The van der Waals surface area contributed by atoms with Crippen molar-refractivity contribution in [3.8, 4) is 0 Å². The first-order valence-corrected chi connectivity index (χ1v) is 7.99. The number of amides is 1. The van der Waals surface area contributed by atoms with Crippen LogP contribution in [0.15, 0.2) is 24.3 Å². The maximum absolute atomic E-state index is 12.0. The number of non-ortho nitro benzene ring substituents is 1. The fourth-order valence-corrected chi connectivity index (χ4v) is 3.00. The number of nitrogens with zero attached hydrogens (tertiary/aromatic N) is 3. The van der Waals surface area contributed by atoms with Crippen molar-refractivity contribution in [2.45, 2.75) is 5.75 Å². The van der Waals surface area contributed by atoms with E-state index in [4.69, 9.17) is 0 Å². The van der Waals surface area contributed by atoms with Crippen LogP contribution in [0.2, 0.25) is 0 Å². The molecule has 2 rings (SSSR count). The maximum Gasteiger partial charge on any atom is 0.269 e. The zero-order chi connectivity index (χ0) is 15.2. The topological polar surface area (TPSA) is 66.7 Å². The van der Waals surface area contributed by atoms with Gasteiger partial charge >= 0.3 is 0 Å². The second-order valence-corrected chi connectivity index (χ2v) is 6.09. The van der Waals surface area contributed by atoms with E-state index >= 15 is 0 Å². The molecule has 0 aliphatic carbocycles. The molecule has 6 nitrogen and oxygen atoms in total. The summed E-state index contributed by atoms with van der Waals surface area (Å²) in [5.74, 6) is 1.33. The summed E-state index contributed by atoms with van der Waals surface area (Å²) in [6, 6.07) is 6.48. The van der Waals surface area contributed by atoms with Crippen LogP contribution in [-0.4, -0.2) is 59.6 Å². The van der Waals surface area contributed by atoms with Crippen LogP contribution >= 0.6 is 11.8 Å². The second-order valence-electron chi connectivity index (χ2n) is 5.10. The van der Waals surface area contributed by atoms with Gasteiger partial charge in [0.25, 0.3) is 5.69 Å². The molecule has 1 aromatic carbocycles. The normalized spacial score (nSPS) is 16.0. The van der Waals surface area contributed by atoms with Gasteiger partial charge in [-0.2, -0.15) is 0 Å². The van der Waals surface area contributed by atoms with Gasteiger partial charge in [0, 0.05) is 44.1 Å². The standard InChI is InChI=1S/C14H19N3O3S/c1-15-6-8-16(9-7-15)14(18)11-21-10-12-2-4-13(5-3-12)17(19)20/h2-5H,6-11H2,1H3. The number of rotatable bonds is 5. The zero-order valence-corrected chi connectivity index (χ0v) is 12.8. The van der Waals surface area contributed by atoms with Crippen LogP contribution < -0.4 is 0 Å². The largest absolute Gasteiger partial charge is 0.339 e. The molecule has 114 valence electrons. The Morgan fingerprint density at radius 1 is 1.24 bits per heavy atom. The van der Waals surface area contributed by atoms with Gasteiger partial charge in [-0.1, -0.05) is 12.1 Å². The minimum Gasteiger partial charge on any atom is -0.339 e. The molecule has 0 bridgehead atoms. The minimum atomic E-state index is -0.409. The molecule has 7 heteroatoms. The van der Waals surface area contributed by atoms with Gasteiger partial charge in [-0.05, 0) is 12.6 Å². The van der Waals surface area contributed by atoms with Crippen molar-refractivity contribution in [1.82, 2.24) is 9.80 Å². The van der Waals surface area contributed by atoms with E-state index in [2.05, 4.69) is 11.9 Å². The SMILES string of the molecule is CN1CCN(C(=O)CSCc2ccc([N+](=O)[O-])cc2)CC1. The fourth-order valence-electron chi connectivity index (χ4n) is 2.12. The Hall–Kier alpha value is -1.60. The number of hydrogen-bond acceptors (Lipinski definition) is 5. The van der Waals surface area contributed by atoms with Crippen LogP contribution in [0.3, 0.4) is 0 Å². The molecule has 0 N–H and O–H groups in total. The number of hydrogen-bond donors (Lipinski definition) is 0. The van der Waals surface area contributed by atoms with Crippen LogP contribution in [0, 0.1) is 10.1 Å². The molecular weight excluding hydrogens is 290 g/mol. The Morgan fingerprint density at radius 3 is 2.43 bits per heavy atom. The zero-order valence-electron chi connectivity index (χ0n) is 12.0. The number of likely N-dealkylation sites (N-methyl/N-ethyl adjacent to an activating group) is 1. The lowest BCUT2D eigenvalue weighted by molar-refractivity contribution is -0.384. The Balaban J connectivity index is 1.73. The van der Waals surface area contributed by atoms with Crippen molar-refractivity contribution in [3.63, 3.8) is 0 Å². The Kier molecular flexibility index (Phi) is 5.58. The molecule has 1 aliphatic rings. The van der Waals surface area contributed by atoms with Crippen LogP contribution in [0.4, 0.5) is 5.69 Å². The van der Waals surface area contributed by atoms with Crippen molar-refractivity contribution in [2.75, 3.05) is 39.0 Å². The van der Waals surface area contributed by atoms with E-state index in [-0.39, 0.29) is 11.6 Å². The van der Waals surface area contributed by atoms with Gasteiger partial charge in [0.2, 0.25) is 5.91 Å². The van der Waals surface area contributed by atoms with Gasteiger partial charge in [0.1, 0.15) is 0 Å². The van der Waals surface area contributed by atoms with E-state index in [0.717, 1.165) is 31.7 Å². The van der Waals surface area contributed by atoms with Crippen LogP contribution in [-0.2, 0) is 10.5 Å². The summed E-state index contributed by atoms with van der Waals surface area (Å²) in [5, 5.41) is 10.6. The van der Waals surface area contributed by atoms with E-state index < -0.39 is 4.92 Å². The number of nitro groups is 1. The quantitative estimate of drug-likeness (QED) is 0.610. The van der Waals surface area contributed by atoms with Gasteiger partial charge in [-0.15, -0.1) is 11.8 Å². The first-order chi connectivity index (χ1) is 10.1.